The van der Waals surface area contributed by atoms with Gasteiger partial charge in [0.15, 0.2) is 5.78 Å². The Kier molecular flexibility index (Phi) is 5.24. The monoisotopic (exact) mass is 388 g/mol. The summed E-state index contributed by atoms with van der Waals surface area (Å²) in [5.74, 6) is -1.40. The zero-order valence-electron chi connectivity index (χ0n) is 13.5. The number of halogens is 1. The molecule has 26 heavy (non-hydrogen) atoms. The summed E-state index contributed by atoms with van der Waals surface area (Å²) in [5.41, 5.74) is 5.47. The van der Waals surface area contributed by atoms with Gasteiger partial charge < -0.3 is 0 Å². The smallest absolute Gasteiger partial charge is 0.279 e. The number of hydrogen-bond donors (Lipinski definition) is 2. The van der Waals surface area contributed by atoms with Gasteiger partial charge in [-0.2, -0.15) is 0 Å². The minimum atomic E-state index is -0.494. The number of amides is 2. The van der Waals surface area contributed by atoms with Crippen molar-refractivity contribution in [3.63, 3.8) is 0 Å². The Morgan fingerprint density at radius 3 is 1.88 bits per heavy atom. The SMILES string of the molecule is CC(=O)c1ccc(C(=O)NNC(=O)c2ccc(-c3ccc(F)cc3)s2)s1. The molecular weight excluding hydrogens is 375 g/mol. The molecule has 8 heteroatoms. The maximum absolute atomic E-state index is 13.0. The highest BCUT2D eigenvalue weighted by Crippen LogP contribution is 2.28. The first-order valence-corrected chi connectivity index (χ1v) is 9.14. The van der Waals surface area contributed by atoms with Crippen LogP contribution in [0.3, 0.4) is 0 Å². The number of hydrazine groups is 1. The minimum Gasteiger partial charge on any atom is -0.294 e. The maximum atomic E-state index is 13.0. The van der Waals surface area contributed by atoms with E-state index in [-0.39, 0.29) is 11.6 Å². The standard InChI is InChI=1S/C18H13FN2O3S2/c1-10(22)13-6-8-15(25-13)17(23)20-21-18(24)16-9-7-14(26-16)11-2-4-12(19)5-3-11/h2-9H,1H3,(H,20,23)(H,21,24). The molecule has 0 saturated carbocycles. The van der Waals surface area contributed by atoms with Gasteiger partial charge in [-0.3, -0.25) is 25.2 Å². The Hall–Kier alpha value is -2.84. The van der Waals surface area contributed by atoms with Crippen LogP contribution in [0.4, 0.5) is 4.39 Å². The lowest BCUT2D eigenvalue weighted by Gasteiger charge is -2.04. The van der Waals surface area contributed by atoms with Gasteiger partial charge >= 0.3 is 0 Å². The molecule has 0 spiro atoms. The van der Waals surface area contributed by atoms with Gasteiger partial charge in [-0.25, -0.2) is 4.39 Å². The summed E-state index contributed by atoms with van der Waals surface area (Å²) in [6, 6.07) is 12.5. The highest BCUT2D eigenvalue weighted by molar-refractivity contribution is 7.17. The zero-order valence-corrected chi connectivity index (χ0v) is 15.2. The van der Waals surface area contributed by atoms with Gasteiger partial charge in [-0.1, -0.05) is 12.1 Å². The molecule has 3 aromatic rings. The van der Waals surface area contributed by atoms with Crippen molar-refractivity contribution in [3.05, 3.63) is 69.0 Å². The van der Waals surface area contributed by atoms with Gasteiger partial charge in [0.05, 0.1) is 14.6 Å². The molecule has 0 aliphatic heterocycles. The summed E-state index contributed by atoms with van der Waals surface area (Å²) in [5, 5.41) is 0. The van der Waals surface area contributed by atoms with Crippen LogP contribution in [-0.2, 0) is 0 Å². The largest absolute Gasteiger partial charge is 0.294 e. The Morgan fingerprint density at radius 2 is 1.31 bits per heavy atom. The second kappa shape index (κ2) is 7.59. The second-order valence-electron chi connectivity index (χ2n) is 5.30. The molecule has 0 fully saturated rings. The van der Waals surface area contributed by atoms with E-state index >= 15 is 0 Å². The lowest BCUT2D eigenvalue weighted by molar-refractivity contribution is 0.0851. The van der Waals surface area contributed by atoms with E-state index in [9.17, 15) is 18.8 Å². The first-order chi connectivity index (χ1) is 12.4. The van der Waals surface area contributed by atoms with Crippen molar-refractivity contribution in [2.45, 2.75) is 6.92 Å². The van der Waals surface area contributed by atoms with Crippen molar-refractivity contribution in [2.24, 2.45) is 0 Å². The van der Waals surface area contributed by atoms with E-state index in [0.29, 0.717) is 14.6 Å². The molecule has 0 atom stereocenters. The highest BCUT2D eigenvalue weighted by atomic mass is 32.1. The van der Waals surface area contributed by atoms with Gasteiger partial charge in [0.25, 0.3) is 11.8 Å². The van der Waals surface area contributed by atoms with Crippen molar-refractivity contribution < 1.29 is 18.8 Å². The van der Waals surface area contributed by atoms with Crippen LogP contribution in [0.1, 0.15) is 35.9 Å². The molecule has 2 N–H and O–H groups in total. The Labute approximate surface area is 156 Å². The predicted octanol–water partition coefficient (Wildman–Crippen LogP) is 3.89. The molecule has 0 radical (unpaired) electrons. The number of carbonyl (C=O) groups is 3. The third-order valence-electron chi connectivity index (χ3n) is 3.42. The number of Topliss-reactive ketones (excluding diaryl/α,β-unsaturated/α-hetero) is 1. The summed E-state index contributed by atoms with van der Waals surface area (Å²) in [6.45, 7) is 1.42. The fourth-order valence-electron chi connectivity index (χ4n) is 2.12. The van der Waals surface area contributed by atoms with Gasteiger partial charge in [0, 0.05) is 4.88 Å². The maximum Gasteiger partial charge on any atom is 0.279 e. The molecule has 2 heterocycles. The lowest BCUT2D eigenvalue weighted by atomic mass is 10.2. The van der Waals surface area contributed by atoms with Crippen LogP contribution >= 0.6 is 22.7 Å². The normalized spacial score (nSPS) is 10.4. The number of hydrogen-bond acceptors (Lipinski definition) is 5. The van der Waals surface area contributed by atoms with Crippen molar-refractivity contribution in [3.8, 4) is 10.4 Å². The van der Waals surface area contributed by atoms with Crippen LogP contribution in [0.15, 0.2) is 48.5 Å². The molecule has 132 valence electrons. The minimum absolute atomic E-state index is 0.120. The van der Waals surface area contributed by atoms with E-state index in [1.165, 1.54) is 36.5 Å². The quantitative estimate of drug-likeness (QED) is 0.526. The fourth-order valence-corrected chi connectivity index (χ4v) is 3.82. The molecule has 2 amide bonds. The Balaban J connectivity index is 1.62. The fraction of sp³-hybridized carbons (Fsp3) is 0.0556. The van der Waals surface area contributed by atoms with Crippen LogP contribution in [0.2, 0.25) is 0 Å². The van der Waals surface area contributed by atoms with E-state index < -0.39 is 11.8 Å². The van der Waals surface area contributed by atoms with Crippen molar-refractivity contribution in [1.82, 2.24) is 10.9 Å². The van der Waals surface area contributed by atoms with Crippen molar-refractivity contribution in [2.75, 3.05) is 0 Å². The number of rotatable bonds is 4. The van der Waals surface area contributed by atoms with E-state index in [2.05, 4.69) is 10.9 Å². The lowest BCUT2D eigenvalue weighted by Crippen LogP contribution is -2.41. The molecule has 1 aromatic carbocycles. The van der Waals surface area contributed by atoms with Crippen LogP contribution in [-0.4, -0.2) is 17.6 Å². The van der Waals surface area contributed by atoms with E-state index in [0.717, 1.165) is 21.8 Å². The van der Waals surface area contributed by atoms with Gasteiger partial charge in [-0.05, 0) is 48.9 Å². The van der Waals surface area contributed by atoms with E-state index in [1.54, 1.807) is 30.3 Å². The molecule has 0 unspecified atom stereocenters. The topological polar surface area (TPSA) is 75.3 Å². The molecule has 3 rings (SSSR count). The van der Waals surface area contributed by atoms with Crippen LogP contribution in [0.5, 0.6) is 0 Å². The zero-order chi connectivity index (χ0) is 18.7. The van der Waals surface area contributed by atoms with Gasteiger partial charge in [0.2, 0.25) is 0 Å². The highest BCUT2D eigenvalue weighted by Gasteiger charge is 2.14. The summed E-state index contributed by atoms with van der Waals surface area (Å²) in [7, 11) is 0. The molecule has 0 bridgehead atoms. The molecule has 0 aliphatic rings. The summed E-state index contributed by atoms with van der Waals surface area (Å²) in [4.78, 5) is 37.5. The predicted molar refractivity (Wildman–Crippen MR) is 99.0 cm³/mol. The van der Waals surface area contributed by atoms with Crippen LogP contribution in [0.25, 0.3) is 10.4 Å². The number of carbonyl (C=O) groups excluding carboxylic acids is 3. The van der Waals surface area contributed by atoms with Gasteiger partial charge in [0.1, 0.15) is 5.82 Å². The number of benzene rings is 1. The molecular formula is C18H13FN2O3S2. The van der Waals surface area contributed by atoms with E-state index in [4.69, 9.17) is 0 Å². The third-order valence-corrected chi connectivity index (χ3v) is 5.74. The first-order valence-electron chi connectivity index (χ1n) is 7.51. The summed E-state index contributed by atoms with van der Waals surface area (Å²) in [6.07, 6.45) is 0. The summed E-state index contributed by atoms with van der Waals surface area (Å²) < 4.78 is 13.0. The van der Waals surface area contributed by atoms with Crippen LogP contribution in [0, 0.1) is 5.82 Å². The van der Waals surface area contributed by atoms with Crippen molar-refractivity contribution in [1.29, 1.82) is 0 Å². The molecule has 5 nitrogen and oxygen atoms in total. The third kappa shape index (κ3) is 4.04. The molecule has 0 aliphatic carbocycles. The Morgan fingerprint density at radius 1 is 0.769 bits per heavy atom. The van der Waals surface area contributed by atoms with Crippen molar-refractivity contribution >= 4 is 40.3 Å². The number of ketones is 1. The van der Waals surface area contributed by atoms with Crippen LogP contribution < -0.4 is 10.9 Å². The second-order valence-corrected chi connectivity index (χ2v) is 7.47. The number of thiophene rings is 2. The average molecular weight is 388 g/mol. The molecule has 0 saturated heterocycles. The number of nitrogens with one attached hydrogen (secondary N) is 2. The molecule has 2 aromatic heterocycles. The van der Waals surface area contributed by atoms with E-state index in [1.807, 2.05) is 0 Å². The van der Waals surface area contributed by atoms with Gasteiger partial charge in [-0.15, -0.1) is 22.7 Å². The summed E-state index contributed by atoms with van der Waals surface area (Å²) >= 11 is 2.29. The average Bonchev–Trinajstić information content (AvgIpc) is 3.29. The first kappa shape index (κ1) is 18.0. The Bertz CT molecular complexity index is 976.